The van der Waals surface area contributed by atoms with Crippen molar-refractivity contribution in [3.63, 3.8) is 0 Å². The van der Waals surface area contributed by atoms with Crippen molar-refractivity contribution in [3.8, 4) is 0 Å². The normalized spacial score (nSPS) is 9.09. The van der Waals surface area contributed by atoms with Gasteiger partial charge in [0.1, 0.15) is 0 Å². The lowest BCUT2D eigenvalue weighted by atomic mass is 9.99. The number of hydrogen-bond acceptors (Lipinski definition) is 0. The van der Waals surface area contributed by atoms with Crippen molar-refractivity contribution >= 4 is 11.1 Å². The Bertz CT molecular complexity index is 1130. The van der Waals surface area contributed by atoms with Crippen LogP contribution in [0, 0.1) is 41.5 Å². The van der Waals surface area contributed by atoms with Gasteiger partial charge in [-0.2, -0.15) is 0 Å². The van der Waals surface area contributed by atoms with E-state index < -0.39 is 0 Å². The Hall–Kier alpha value is -2.86. The van der Waals surface area contributed by atoms with Gasteiger partial charge in [0.15, 0.2) is 0 Å². The fourth-order valence-corrected chi connectivity index (χ4v) is 3.41. The second-order valence-corrected chi connectivity index (χ2v) is 11.3. The minimum atomic E-state index is 1.13. The van der Waals surface area contributed by atoms with E-state index in [4.69, 9.17) is 0 Å². The fourth-order valence-electron chi connectivity index (χ4n) is 3.41. The summed E-state index contributed by atoms with van der Waals surface area (Å²) < 4.78 is 0. The van der Waals surface area contributed by atoms with E-state index in [2.05, 4.69) is 144 Å². The molecule has 0 fully saturated rings. The van der Waals surface area contributed by atoms with Gasteiger partial charge in [0.05, 0.1) is 0 Å². The highest BCUT2D eigenvalue weighted by Gasteiger charge is 1.99. The Morgan fingerprint density at radius 1 is 0.465 bits per heavy atom. The lowest BCUT2D eigenvalue weighted by Crippen LogP contribution is -1.90. The predicted octanol–water partition coefficient (Wildman–Crippen LogP) is 14.6. The Kier molecular flexibility index (Phi) is 29.0. The molecule has 0 radical (unpaired) electrons. The van der Waals surface area contributed by atoms with E-state index in [1.54, 1.807) is 0 Å². The third kappa shape index (κ3) is 22.4. The van der Waals surface area contributed by atoms with Crippen LogP contribution in [-0.2, 0) is 6.42 Å². The molecule has 3 rings (SSSR count). The predicted molar refractivity (Wildman–Crippen MR) is 204 cm³/mol. The molecule has 0 heteroatoms. The van der Waals surface area contributed by atoms with Crippen molar-refractivity contribution in [2.45, 2.75) is 142 Å². The third-order valence-corrected chi connectivity index (χ3v) is 7.02. The average Bonchev–Trinajstić information content (AvgIpc) is 2.99. The molecule has 0 aliphatic rings. The van der Waals surface area contributed by atoms with E-state index in [0.29, 0.717) is 0 Å². The summed E-state index contributed by atoms with van der Waals surface area (Å²) in [4.78, 5) is 0. The first kappa shape index (κ1) is 44.6. The van der Waals surface area contributed by atoms with Gasteiger partial charge in [0, 0.05) is 0 Å². The van der Waals surface area contributed by atoms with Gasteiger partial charge in [0.2, 0.25) is 0 Å². The molecule has 0 unspecified atom stereocenters. The second-order valence-electron chi connectivity index (χ2n) is 11.3. The highest BCUT2D eigenvalue weighted by molar-refractivity contribution is 5.63. The summed E-state index contributed by atoms with van der Waals surface area (Å²) in [5, 5.41) is 0. The van der Waals surface area contributed by atoms with Crippen LogP contribution in [0.4, 0.5) is 0 Å². The molecule has 0 atom stereocenters. The number of rotatable bonds is 6. The topological polar surface area (TPSA) is 0 Å². The van der Waals surface area contributed by atoms with E-state index in [9.17, 15) is 0 Å². The molecule has 0 saturated heterocycles. The van der Waals surface area contributed by atoms with Crippen LogP contribution in [0.25, 0.3) is 11.1 Å². The zero-order chi connectivity index (χ0) is 34.0. The van der Waals surface area contributed by atoms with Crippen LogP contribution in [0.2, 0.25) is 0 Å². The van der Waals surface area contributed by atoms with E-state index in [1.807, 2.05) is 27.7 Å². The van der Waals surface area contributed by atoms with E-state index in [0.717, 1.165) is 11.1 Å². The molecular formula is C43H70. The molecule has 242 valence electrons. The summed E-state index contributed by atoms with van der Waals surface area (Å²) in [5.74, 6) is 0. The molecule has 3 aromatic carbocycles. The van der Waals surface area contributed by atoms with Crippen molar-refractivity contribution in [1.82, 2.24) is 0 Å². The van der Waals surface area contributed by atoms with Crippen LogP contribution in [0.15, 0.2) is 67.8 Å². The van der Waals surface area contributed by atoms with Crippen LogP contribution in [0.3, 0.4) is 0 Å². The first-order valence-corrected chi connectivity index (χ1v) is 16.8. The lowest BCUT2D eigenvalue weighted by molar-refractivity contribution is 0.886. The molecule has 0 aliphatic heterocycles. The molecule has 0 heterocycles. The number of unbranched alkanes of at least 4 members (excludes halogenated alkanes) is 2. The summed E-state index contributed by atoms with van der Waals surface area (Å²) in [7, 11) is 0. The Morgan fingerprint density at radius 2 is 0.837 bits per heavy atom. The van der Waals surface area contributed by atoms with E-state index in [-0.39, 0.29) is 0 Å². The van der Waals surface area contributed by atoms with Crippen molar-refractivity contribution in [2.24, 2.45) is 0 Å². The maximum Gasteiger partial charge on any atom is -0.0230 e. The minimum Gasteiger partial charge on any atom is -0.0955 e. The molecule has 0 aromatic heterocycles. The van der Waals surface area contributed by atoms with Crippen molar-refractivity contribution in [1.29, 1.82) is 0 Å². The van der Waals surface area contributed by atoms with Gasteiger partial charge in [-0.3, -0.25) is 0 Å². The molecule has 0 amide bonds. The zero-order valence-electron chi connectivity index (χ0n) is 31.4. The Labute approximate surface area is 270 Å². The van der Waals surface area contributed by atoms with Crippen LogP contribution in [-0.4, -0.2) is 0 Å². The van der Waals surface area contributed by atoms with Gasteiger partial charge < -0.3 is 0 Å². The third-order valence-electron chi connectivity index (χ3n) is 7.02. The van der Waals surface area contributed by atoms with E-state index in [1.165, 1.54) is 88.6 Å². The van der Waals surface area contributed by atoms with Gasteiger partial charge in [-0.25, -0.2) is 0 Å². The average molecular weight is 587 g/mol. The molecule has 0 spiro atoms. The first-order valence-electron chi connectivity index (χ1n) is 16.8. The smallest absolute Gasteiger partial charge is 0.0230 e. The first-order chi connectivity index (χ1) is 20.3. The maximum absolute atomic E-state index is 3.94. The number of aryl methyl sites for hydroxylation is 7. The summed E-state index contributed by atoms with van der Waals surface area (Å²) >= 11 is 0. The Morgan fingerprint density at radius 3 is 1.14 bits per heavy atom. The zero-order valence-corrected chi connectivity index (χ0v) is 31.4. The maximum atomic E-state index is 3.94. The number of allylic oxidation sites excluding steroid dienone is 2. The number of hydrogen-bond donors (Lipinski definition) is 0. The molecule has 0 nitrogen and oxygen atoms in total. The molecule has 0 N–H and O–H groups in total. The van der Waals surface area contributed by atoms with Crippen LogP contribution >= 0.6 is 0 Å². The summed E-state index contributed by atoms with van der Waals surface area (Å²) in [6.45, 7) is 39.7. The van der Waals surface area contributed by atoms with Crippen LogP contribution < -0.4 is 0 Å². The fraction of sp³-hybridized carbons (Fsp3) is 0.488. The van der Waals surface area contributed by atoms with Crippen LogP contribution in [0.5, 0.6) is 0 Å². The molecule has 43 heavy (non-hydrogen) atoms. The minimum absolute atomic E-state index is 1.13. The van der Waals surface area contributed by atoms with Crippen molar-refractivity contribution in [3.05, 3.63) is 118 Å². The van der Waals surface area contributed by atoms with Crippen molar-refractivity contribution in [2.75, 3.05) is 0 Å². The van der Waals surface area contributed by atoms with Gasteiger partial charge in [-0.05, 0) is 106 Å². The number of benzene rings is 3. The molecule has 0 aliphatic carbocycles. The molecule has 0 saturated carbocycles. The van der Waals surface area contributed by atoms with Crippen molar-refractivity contribution < 1.29 is 0 Å². The highest BCUT2D eigenvalue weighted by Crippen LogP contribution is 2.18. The van der Waals surface area contributed by atoms with Crippen LogP contribution in [0.1, 0.15) is 144 Å². The summed E-state index contributed by atoms with van der Waals surface area (Å²) in [6, 6.07) is 19.6. The molecular weight excluding hydrogens is 516 g/mol. The van der Waals surface area contributed by atoms with Gasteiger partial charge in [-0.15, -0.1) is 0 Å². The van der Waals surface area contributed by atoms with E-state index >= 15 is 0 Å². The monoisotopic (exact) mass is 587 g/mol. The quantitative estimate of drug-likeness (QED) is 0.269. The summed E-state index contributed by atoms with van der Waals surface area (Å²) in [6.07, 6.45) is 7.68. The van der Waals surface area contributed by atoms with Gasteiger partial charge in [0.25, 0.3) is 0 Å². The van der Waals surface area contributed by atoms with Gasteiger partial charge >= 0.3 is 0 Å². The Balaban J connectivity index is -0.000000488. The van der Waals surface area contributed by atoms with Gasteiger partial charge in [-0.1, -0.05) is 165 Å². The lowest BCUT2D eigenvalue weighted by Gasteiger charge is -2.07. The highest BCUT2D eigenvalue weighted by atomic mass is 14.0. The largest absolute Gasteiger partial charge is 0.0955 e. The molecule has 0 bridgehead atoms. The summed E-state index contributed by atoms with van der Waals surface area (Å²) in [5.41, 5.74) is 14.4. The molecule has 3 aromatic rings. The second kappa shape index (κ2) is 27.9. The standard InChI is InChI=1S/C13H18.C11H14.C9H12.2C4H10.C2H6/c1-5-6-12-7-8-13(10(2)3)9-11(12)4;1-8(2)11-6-5-9(3)10(4)7-11;1-7-4-5-8(2)9(3)6-7;2*1-3-4-2;1-2/h7-9H,2,5-6H2,1,3-4H3;5-7H,1H2,2-4H3;4-6H,1-3H3;2*3-4H2,1-2H3;1-2H3. The SMILES string of the molecule is C=C(C)c1ccc(C)c(C)c1.C=C(C)c1ccc(CCC)c(C)c1.CC.CCCC.CCCC.Cc1ccc(C)c(C)c1.